The molecule has 10 heavy (non-hydrogen) atoms. The maximum atomic E-state index is 5.70. The Bertz CT molecular complexity index is 355. The molecule has 0 spiro atoms. The maximum absolute atomic E-state index is 5.70. The van der Waals surface area contributed by atoms with E-state index in [1.807, 2.05) is 0 Å². The second-order valence-electron chi connectivity index (χ2n) is 1.76. The van der Waals surface area contributed by atoms with Crippen molar-refractivity contribution in [2.45, 2.75) is 0 Å². The van der Waals surface area contributed by atoms with Gasteiger partial charge in [0.2, 0.25) is 0 Å². The lowest BCUT2D eigenvalue weighted by Gasteiger charge is -1.90. The first kappa shape index (κ1) is 5.61. The van der Waals surface area contributed by atoms with Crippen LogP contribution >= 0.6 is 11.6 Å². The number of aromatic nitrogens is 4. The first-order chi connectivity index (χ1) is 4.88. The average Bonchev–Trinajstić information content (AvgIpc) is 2.36. The molecule has 5 heteroatoms. The average molecular weight is 155 g/mol. The molecule has 2 aromatic rings. The van der Waals surface area contributed by atoms with Crippen molar-refractivity contribution in [3.63, 3.8) is 0 Å². The zero-order valence-corrected chi connectivity index (χ0v) is 5.65. The molecule has 50 valence electrons. The van der Waals surface area contributed by atoms with Crippen molar-refractivity contribution in [3.8, 4) is 0 Å². The Balaban J connectivity index is 2.95. The summed E-state index contributed by atoms with van der Waals surface area (Å²) in [6, 6.07) is 0. The lowest BCUT2D eigenvalue weighted by atomic mass is 10.7. The monoisotopic (exact) mass is 154 g/mol. The van der Waals surface area contributed by atoms with Gasteiger partial charge >= 0.3 is 0 Å². The molecule has 0 unspecified atom stereocenters. The summed E-state index contributed by atoms with van der Waals surface area (Å²) in [6.07, 6.45) is 4.55. The zero-order chi connectivity index (χ0) is 6.97. The molecule has 0 aromatic carbocycles. The van der Waals surface area contributed by atoms with E-state index in [1.54, 1.807) is 6.20 Å². The highest BCUT2D eigenvalue weighted by Gasteiger charge is 1.96. The van der Waals surface area contributed by atoms with E-state index >= 15 is 0 Å². The molecule has 0 bridgehead atoms. The van der Waals surface area contributed by atoms with Gasteiger partial charge in [0.15, 0.2) is 10.8 Å². The second kappa shape index (κ2) is 1.91. The Hall–Kier alpha value is -1.16. The van der Waals surface area contributed by atoms with Gasteiger partial charge in [-0.25, -0.2) is 4.98 Å². The molecular formula is C5H3ClN4. The van der Waals surface area contributed by atoms with Crippen molar-refractivity contribution < 1.29 is 0 Å². The van der Waals surface area contributed by atoms with Gasteiger partial charge in [0.1, 0.15) is 6.33 Å². The summed E-state index contributed by atoms with van der Waals surface area (Å²) >= 11 is 5.70. The van der Waals surface area contributed by atoms with Gasteiger partial charge in [-0.15, -0.1) is 0 Å². The van der Waals surface area contributed by atoms with Crippen molar-refractivity contribution in [3.05, 3.63) is 23.9 Å². The van der Waals surface area contributed by atoms with Gasteiger partial charge in [-0.3, -0.25) is 4.98 Å². The first-order valence-corrected chi connectivity index (χ1v) is 3.05. The van der Waals surface area contributed by atoms with Crippen LogP contribution in [-0.2, 0) is 0 Å². The summed E-state index contributed by atoms with van der Waals surface area (Å²) in [5, 5.41) is 4.32. The van der Waals surface area contributed by atoms with Crippen molar-refractivity contribution in [1.82, 2.24) is 19.6 Å². The van der Waals surface area contributed by atoms with E-state index in [1.165, 1.54) is 17.0 Å². The van der Waals surface area contributed by atoms with Gasteiger partial charge in [-0.1, -0.05) is 11.6 Å². The van der Waals surface area contributed by atoms with Crippen LogP contribution < -0.4 is 0 Å². The first-order valence-electron chi connectivity index (χ1n) is 2.67. The third-order valence-electron chi connectivity index (χ3n) is 1.15. The zero-order valence-electron chi connectivity index (χ0n) is 4.90. The number of hydrogen-bond donors (Lipinski definition) is 0. The van der Waals surface area contributed by atoms with Crippen LogP contribution in [0.2, 0.25) is 5.15 Å². The summed E-state index contributed by atoms with van der Waals surface area (Å²) in [6.45, 7) is 0. The standard InChI is InChI=1S/C5H3ClN4/c6-4-1-7-2-5-8-3-9-10(4)5/h1-3H. The Morgan fingerprint density at radius 1 is 1.40 bits per heavy atom. The van der Waals surface area contributed by atoms with Crippen LogP contribution in [0.25, 0.3) is 5.65 Å². The van der Waals surface area contributed by atoms with Gasteiger partial charge in [0.05, 0.1) is 12.4 Å². The Kier molecular flexibility index (Phi) is 1.07. The minimum Gasteiger partial charge on any atom is -0.258 e. The minimum atomic E-state index is 0.468. The molecule has 0 aliphatic rings. The number of fused-ring (bicyclic) bond motifs is 1. The molecule has 0 aliphatic carbocycles. The Labute approximate surface area is 61.5 Å². The van der Waals surface area contributed by atoms with Crippen molar-refractivity contribution in [1.29, 1.82) is 0 Å². The molecule has 4 nitrogen and oxygen atoms in total. The van der Waals surface area contributed by atoms with Gasteiger partial charge in [-0.05, 0) is 0 Å². The second-order valence-corrected chi connectivity index (χ2v) is 2.15. The predicted molar refractivity (Wildman–Crippen MR) is 35.8 cm³/mol. The highest BCUT2D eigenvalue weighted by atomic mass is 35.5. The van der Waals surface area contributed by atoms with Gasteiger partial charge in [0.25, 0.3) is 0 Å². The molecule has 0 amide bonds. The van der Waals surface area contributed by atoms with Crippen LogP contribution in [0, 0.1) is 0 Å². The normalized spacial score (nSPS) is 10.5. The molecule has 0 N–H and O–H groups in total. The summed E-state index contributed by atoms with van der Waals surface area (Å²) < 4.78 is 1.51. The molecule has 0 radical (unpaired) electrons. The van der Waals surface area contributed by atoms with Crippen molar-refractivity contribution in [2.24, 2.45) is 0 Å². The van der Waals surface area contributed by atoms with E-state index in [9.17, 15) is 0 Å². The lowest BCUT2D eigenvalue weighted by molar-refractivity contribution is 0.947. The van der Waals surface area contributed by atoms with Crippen LogP contribution in [0.4, 0.5) is 0 Å². The summed E-state index contributed by atoms with van der Waals surface area (Å²) in [5.41, 5.74) is 0.660. The van der Waals surface area contributed by atoms with E-state index in [4.69, 9.17) is 11.6 Å². The molecule has 0 aliphatic heterocycles. The van der Waals surface area contributed by atoms with E-state index in [0.29, 0.717) is 10.8 Å². The van der Waals surface area contributed by atoms with Gasteiger partial charge in [-0.2, -0.15) is 9.61 Å². The van der Waals surface area contributed by atoms with E-state index < -0.39 is 0 Å². The van der Waals surface area contributed by atoms with E-state index in [-0.39, 0.29) is 0 Å². The molecular weight excluding hydrogens is 152 g/mol. The topological polar surface area (TPSA) is 43.1 Å². The third kappa shape index (κ3) is 0.657. The molecule has 0 atom stereocenters. The number of nitrogens with zero attached hydrogens (tertiary/aromatic N) is 4. The predicted octanol–water partition coefficient (Wildman–Crippen LogP) is 0.778. The van der Waals surface area contributed by atoms with E-state index in [2.05, 4.69) is 15.1 Å². The molecule has 2 heterocycles. The highest BCUT2D eigenvalue weighted by Crippen LogP contribution is 2.05. The Morgan fingerprint density at radius 2 is 2.30 bits per heavy atom. The molecule has 2 aromatic heterocycles. The Morgan fingerprint density at radius 3 is 3.10 bits per heavy atom. The fourth-order valence-electron chi connectivity index (χ4n) is 0.723. The lowest BCUT2D eigenvalue weighted by Crippen LogP contribution is -1.89. The quantitative estimate of drug-likeness (QED) is 0.563. The highest BCUT2D eigenvalue weighted by molar-refractivity contribution is 6.29. The maximum Gasteiger partial charge on any atom is 0.175 e. The van der Waals surface area contributed by atoms with Crippen LogP contribution in [-0.4, -0.2) is 19.6 Å². The smallest absolute Gasteiger partial charge is 0.175 e. The van der Waals surface area contributed by atoms with Crippen LogP contribution in [0.1, 0.15) is 0 Å². The fourth-order valence-corrected chi connectivity index (χ4v) is 0.910. The molecule has 0 saturated heterocycles. The van der Waals surface area contributed by atoms with Gasteiger partial charge < -0.3 is 0 Å². The number of halogens is 1. The molecule has 2 rings (SSSR count). The van der Waals surface area contributed by atoms with Crippen LogP contribution in [0.3, 0.4) is 0 Å². The van der Waals surface area contributed by atoms with Crippen molar-refractivity contribution >= 4 is 17.2 Å². The summed E-state index contributed by atoms with van der Waals surface area (Å²) in [7, 11) is 0. The van der Waals surface area contributed by atoms with E-state index in [0.717, 1.165) is 0 Å². The van der Waals surface area contributed by atoms with Crippen LogP contribution in [0.5, 0.6) is 0 Å². The fraction of sp³-hybridized carbons (Fsp3) is 0. The minimum absolute atomic E-state index is 0.468. The summed E-state index contributed by atoms with van der Waals surface area (Å²) in [5.74, 6) is 0. The number of rotatable bonds is 0. The van der Waals surface area contributed by atoms with Crippen molar-refractivity contribution in [2.75, 3.05) is 0 Å². The largest absolute Gasteiger partial charge is 0.258 e. The summed E-state index contributed by atoms with van der Waals surface area (Å²) in [4.78, 5) is 7.71. The van der Waals surface area contributed by atoms with Gasteiger partial charge in [0, 0.05) is 0 Å². The molecule has 0 saturated carbocycles. The molecule has 0 fully saturated rings. The third-order valence-corrected chi connectivity index (χ3v) is 1.41. The van der Waals surface area contributed by atoms with Crippen LogP contribution in [0.15, 0.2) is 18.7 Å². The SMILES string of the molecule is Clc1cncc2ncnn12. The number of hydrogen-bond acceptors (Lipinski definition) is 3.